The minimum Gasteiger partial charge on any atom is -0.391 e. The number of rotatable bonds is 3. The summed E-state index contributed by atoms with van der Waals surface area (Å²) in [6.07, 6.45) is 0.145. The molecule has 1 fully saturated rings. The van der Waals surface area contributed by atoms with Crippen molar-refractivity contribution in [1.82, 2.24) is 25.0 Å². The molecule has 0 spiro atoms. The number of hydrogen-bond acceptors (Lipinski definition) is 5. The molecule has 0 aliphatic carbocycles. The van der Waals surface area contributed by atoms with E-state index in [0.29, 0.717) is 18.8 Å². The zero-order valence-corrected chi connectivity index (χ0v) is 10.9. The third-order valence-corrected chi connectivity index (χ3v) is 3.02. The van der Waals surface area contributed by atoms with Gasteiger partial charge in [-0.15, -0.1) is 5.10 Å². The summed E-state index contributed by atoms with van der Waals surface area (Å²) in [4.78, 5) is 20.0. The van der Waals surface area contributed by atoms with Gasteiger partial charge in [0.25, 0.3) is 5.91 Å². The number of H-pyrrole nitrogens is 1. The minimum atomic E-state index is -0.459. The number of hydrogen-bond donors (Lipinski definition) is 2. The topological polar surface area (TPSA) is 85.3 Å². The van der Waals surface area contributed by atoms with Gasteiger partial charge in [0.1, 0.15) is 5.82 Å². The Morgan fingerprint density at radius 1 is 1.61 bits per heavy atom. The number of likely N-dealkylation sites (N-methyl/N-ethyl adjacent to an activating group) is 1. The van der Waals surface area contributed by atoms with Crippen LogP contribution < -0.4 is 0 Å². The summed E-state index contributed by atoms with van der Waals surface area (Å²) in [7, 11) is 3.90. The van der Waals surface area contributed by atoms with Crippen LogP contribution in [-0.4, -0.2) is 75.3 Å². The van der Waals surface area contributed by atoms with Crippen molar-refractivity contribution < 1.29 is 9.90 Å². The van der Waals surface area contributed by atoms with Crippen LogP contribution in [0.5, 0.6) is 0 Å². The number of aryl methyl sites for hydroxylation is 1. The number of aliphatic hydroxyl groups excluding tert-OH is 1. The van der Waals surface area contributed by atoms with Gasteiger partial charge in [0.2, 0.25) is 5.82 Å². The Hall–Kier alpha value is -1.47. The van der Waals surface area contributed by atoms with Crippen molar-refractivity contribution in [1.29, 1.82) is 0 Å². The molecule has 1 aliphatic rings. The smallest absolute Gasteiger partial charge is 0.293 e. The van der Waals surface area contributed by atoms with E-state index in [9.17, 15) is 9.90 Å². The predicted octanol–water partition coefficient (Wildman–Crippen LogP) is -0.750. The molecule has 2 rings (SSSR count). The maximum Gasteiger partial charge on any atom is 0.293 e. The molecule has 0 radical (unpaired) electrons. The van der Waals surface area contributed by atoms with Crippen molar-refractivity contribution in [2.24, 2.45) is 0 Å². The minimum absolute atomic E-state index is 0.0151. The summed E-state index contributed by atoms with van der Waals surface area (Å²) in [5.74, 6) is 0.565. The number of carbonyl (C=O) groups is 1. The van der Waals surface area contributed by atoms with E-state index in [2.05, 4.69) is 15.2 Å². The number of β-amino-alcohol motifs (C(OH)–C–C–N with tert-alkyl or cyclic N) is 1. The third-order valence-electron chi connectivity index (χ3n) is 3.02. The van der Waals surface area contributed by atoms with Crippen LogP contribution in [0, 0.1) is 6.92 Å². The molecule has 7 nitrogen and oxygen atoms in total. The molecule has 100 valence electrons. The first kappa shape index (κ1) is 13.0. The standard InChI is InChI=1S/C11H19N5O2/c1-7-12-10(14-13-7)11(18)16-6-9(17)4-8(16)5-15(2)3/h8-9,17H,4-6H2,1-3H3,(H,12,13,14). The number of aromatic nitrogens is 3. The third kappa shape index (κ3) is 2.68. The van der Waals surface area contributed by atoms with Crippen molar-refractivity contribution in [2.45, 2.75) is 25.5 Å². The molecule has 0 aromatic carbocycles. The highest BCUT2D eigenvalue weighted by atomic mass is 16.3. The molecule has 18 heavy (non-hydrogen) atoms. The Kier molecular flexibility index (Phi) is 3.63. The van der Waals surface area contributed by atoms with Gasteiger partial charge >= 0.3 is 0 Å². The number of likely N-dealkylation sites (tertiary alicyclic amines) is 1. The van der Waals surface area contributed by atoms with Crippen LogP contribution in [0.4, 0.5) is 0 Å². The lowest BCUT2D eigenvalue weighted by atomic mass is 10.2. The fraction of sp³-hybridized carbons (Fsp3) is 0.727. The highest BCUT2D eigenvalue weighted by Gasteiger charge is 2.36. The Bertz CT molecular complexity index is 431. The summed E-state index contributed by atoms with van der Waals surface area (Å²) in [6, 6.07) is 0.0151. The Labute approximate surface area is 106 Å². The second-order valence-electron chi connectivity index (χ2n) is 5.01. The molecule has 0 saturated carbocycles. The summed E-state index contributed by atoms with van der Waals surface area (Å²) < 4.78 is 0. The Morgan fingerprint density at radius 2 is 2.33 bits per heavy atom. The maximum absolute atomic E-state index is 12.2. The van der Waals surface area contributed by atoms with E-state index in [1.165, 1.54) is 0 Å². The maximum atomic E-state index is 12.2. The first-order valence-electron chi connectivity index (χ1n) is 6.00. The quantitative estimate of drug-likeness (QED) is 0.740. The number of aliphatic hydroxyl groups is 1. The normalized spacial score (nSPS) is 23.9. The summed E-state index contributed by atoms with van der Waals surface area (Å²) in [5, 5.41) is 16.3. The van der Waals surface area contributed by atoms with E-state index in [0.717, 1.165) is 6.54 Å². The second-order valence-corrected chi connectivity index (χ2v) is 5.01. The van der Waals surface area contributed by atoms with Gasteiger partial charge in [0, 0.05) is 19.1 Å². The lowest BCUT2D eigenvalue weighted by Crippen LogP contribution is -2.41. The lowest BCUT2D eigenvalue weighted by Gasteiger charge is -2.25. The first-order valence-corrected chi connectivity index (χ1v) is 6.00. The number of nitrogens with zero attached hydrogens (tertiary/aromatic N) is 4. The Balaban J connectivity index is 2.12. The van der Waals surface area contributed by atoms with Gasteiger partial charge < -0.3 is 14.9 Å². The molecule has 2 heterocycles. The zero-order chi connectivity index (χ0) is 13.3. The van der Waals surface area contributed by atoms with Crippen LogP contribution in [0.15, 0.2) is 0 Å². The average molecular weight is 253 g/mol. The van der Waals surface area contributed by atoms with E-state index in [1.807, 2.05) is 19.0 Å². The van der Waals surface area contributed by atoms with E-state index >= 15 is 0 Å². The number of nitrogens with one attached hydrogen (secondary N) is 1. The molecule has 1 aromatic rings. The second kappa shape index (κ2) is 5.03. The number of carbonyl (C=O) groups excluding carboxylic acids is 1. The monoisotopic (exact) mass is 253 g/mol. The molecule has 0 bridgehead atoms. The zero-order valence-electron chi connectivity index (χ0n) is 10.9. The molecule has 7 heteroatoms. The van der Waals surface area contributed by atoms with Crippen LogP contribution in [-0.2, 0) is 0 Å². The van der Waals surface area contributed by atoms with Crippen molar-refractivity contribution >= 4 is 5.91 Å². The van der Waals surface area contributed by atoms with Crippen molar-refractivity contribution in [3.63, 3.8) is 0 Å². The van der Waals surface area contributed by atoms with Crippen LogP contribution in [0.2, 0.25) is 0 Å². The SMILES string of the molecule is Cc1nc(C(=O)N2CC(O)CC2CN(C)C)n[nH]1. The summed E-state index contributed by atoms with van der Waals surface area (Å²) in [6.45, 7) is 2.83. The number of amides is 1. The van der Waals surface area contributed by atoms with Crippen LogP contribution in [0.25, 0.3) is 0 Å². The van der Waals surface area contributed by atoms with Gasteiger partial charge in [-0.25, -0.2) is 4.98 Å². The van der Waals surface area contributed by atoms with E-state index in [-0.39, 0.29) is 17.8 Å². The highest BCUT2D eigenvalue weighted by Crippen LogP contribution is 2.20. The molecule has 2 unspecified atom stereocenters. The van der Waals surface area contributed by atoms with Gasteiger partial charge in [0.05, 0.1) is 6.10 Å². The summed E-state index contributed by atoms with van der Waals surface area (Å²) in [5.41, 5.74) is 0. The van der Waals surface area contributed by atoms with Gasteiger partial charge in [-0.05, 0) is 27.4 Å². The van der Waals surface area contributed by atoms with E-state index in [4.69, 9.17) is 0 Å². The fourth-order valence-corrected chi connectivity index (χ4v) is 2.30. The van der Waals surface area contributed by atoms with Crippen molar-refractivity contribution in [2.75, 3.05) is 27.2 Å². The molecule has 2 atom stereocenters. The van der Waals surface area contributed by atoms with Crippen LogP contribution in [0.3, 0.4) is 0 Å². The van der Waals surface area contributed by atoms with Crippen molar-refractivity contribution in [3.8, 4) is 0 Å². The Morgan fingerprint density at radius 3 is 2.89 bits per heavy atom. The van der Waals surface area contributed by atoms with Crippen LogP contribution >= 0.6 is 0 Å². The van der Waals surface area contributed by atoms with Gasteiger partial charge in [-0.1, -0.05) is 0 Å². The largest absolute Gasteiger partial charge is 0.391 e. The van der Waals surface area contributed by atoms with E-state index < -0.39 is 6.10 Å². The predicted molar refractivity (Wildman–Crippen MR) is 65.1 cm³/mol. The molecular formula is C11H19N5O2. The molecular weight excluding hydrogens is 234 g/mol. The molecule has 1 amide bonds. The van der Waals surface area contributed by atoms with Gasteiger partial charge in [-0.3, -0.25) is 9.89 Å². The molecule has 1 saturated heterocycles. The van der Waals surface area contributed by atoms with Gasteiger partial charge in [0.15, 0.2) is 0 Å². The molecule has 1 aromatic heterocycles. The lowest BCUT2D eigenvalue weighted by molar-refractivity contribution is 0.0687. The summed E-state index contributed by atoms with van der Waals surface area (Å²) >= 11 is 0. The first-order chi connectivity index (χ1) is 8.47. The molecule has 1 aliphatic heterocycles. The van der Waals surface area contributed by atoms with Crippen LogP contribution in [0.1, 0.15) is 22.9 Å². The van der Waals surface area contributed by atoms with E-state index in [1.54, 1.807) is 11.8 Å². The fourth-order valence-electron chi connectivity index (χ4n) is 2.30. The van der Waals surface area contributed by atoms with Gasteiger partial charge in [-0.2, -0.15) is 0 Å². The average Bonchev–Trinajstić information content (AvgIpc) is 2.83. The molecule has 2 N–H and O–H groups in total. The highest BCUT2D eigenvalue weighted by molar-refractivity contribution is 5.90. The number of aromatic amines is 1. The van der Waals surface area contributed by atoms with Crippen molar-refractivity contribution in [3.05, 3.63) is 11.6 Å².